The predicted octanol–water partition coefficient (Wildman–Crippen LogP) is 12.4. The first-order valence-corrected chi connectivity index (χ1v) is 25.4. The van der Waals surface area contributed by atoms with Crippen LogP contribution in [0.5, 0.6) is 0 Å². The molecule has 1 saturated heterocycles. The molecule has 1 aliphatic heterocycles. The molecule has 0 aromatic carbocycles. The third-order valence-electron chi connectivity index (χ3n) is 19.5. The van der Waals surface area contributed by atoms with Crippen molar-refractivity contribution in [2.75, 3.05) is 0 Å². The topological polar surface area (TPSA) is 77.8 Å². The molecule has 9 fully saturated rings. The summed E-state index contributed by atoms with van der Waals surface area (Å²) in [7, 11) is 0. The van der Waals surface area contributed by atoms with E-state index in [1.807, 2.05) is 0 Å². The highest BCUT2D eigenvalue weighted by Crippen LogP contribution is 2.55. The first kappa shape index (κ1) is 39.8. The summed E-state index contributed by atoms with van der Waals surface area (Å²) in [6.07, 6.45) is 43.6. The molecule has 0 amide bonds. The van der Waals surface area contributed by atoms with Gasteiger partial charge in [-0.05, 0) is 195 Å². The second kappa shape index (κ2) is 18.3. The van der Waals surface area contributed by atoms with Gasteiger partial charge in [0.25, 0.3) is 0 Å². The Bertz CT molecular complexity index is 1360. The monoisotopic (exact) mass is 762 g/mol. The minimum atomic E-state index is -0.117. The van der Waals surface area contributed by atoms with E-state index in [1.54, 1.807) is 12.8 Å². The van der Waals surface area contributed by atoms with Crippen LogP contribution >= 0.6 is 0 Å². The van der Waals surface area contributed by atoms with Crippen molar-refractivity contribution in [1.82, 2.24) is 9.80 Å². The van der Waals surface area contributed by atoms with Gasteiger partial charge in [-0.2, -0.15) is 15.8 Å². The molecule has 5 nitrogen and oxygen atoms in total. The Morgan fingerprint density at radius 1 is 0.375 bits per heavy atom. The van der Waals surface area contributed by atoms with E-state index < -0.39 is 0 Å². The van der Waals surface area contributed by atoms with Crippen LogP contribution in [-0.2, 0) is 0 Å². The molecule has 8 aliphatic carbocycles. The number of nitrogens with zero attached hydrogens (tertiary/aromatic N) is 5. The van der Waals surface area contributed by atoms with Gasteiger partial charge >= 0.3 is 0 Å². The highest BCUT2D eigenvalue weighted by molar-refractivity contribution is 5.09. The number of nitriles is 3. The lowest BCUT2D eigenvalue weighted by Gasteiger charge is -2.51. The van der Waals surface area contributed by atoms with Crippen molar-refractivity contribution >= 4 is 0 Å². The minimum absolute atomic E-state index is 0.112. The van der Waals surface area contributed by atoms with E-state index in [9.17, 15) is 15.8 Å². The lowest BCUT2D eigenvalue weighted by atomic mass is 9.59. The summed E-state index contributed by atoms with van der Waals surface area (Å²) in [5, 5.41) is 29.7. The molecule has 0 N–H and O–H groups in total. The van der Waals surface area contributed by atoms with Gasteiger partial charge in [-0.1, -0.05) is 51.4 Å². The first-order valence-electron chi connectivity index (χ1n) is 25.4. The van der Waals surface area contributed by atoms with E-state index >= 15 is 0 Å². The average molecular weight is 762 g/mol. The van der Waals surface area contributed by atoms with E-state index in [4.69, 9.17) is 0 Å². The summed E-state index contributed by atoms with van der Waals surface area (Å²) >= 11 is 0. The third-order valence-corrected chi connectivity index (χ3v) is 19.5. The normalized spacial score (nSPS) is 45.9. The average Bonchev–Trinajstić information content (AvgIpc) is 3.61. The molecule has 0 spiro atoms. The Balaban J connectivity index is 0.785. The summed E-state index contributed by atoms with van der Waals surface area (Å²) in [4.78, 5) is 6.45. The molecule has 1 heterocycles. The second-order valence-corrected chi connectivity index (χ2v) is 22.0. The van der Waals surface area contributed by atoms with Crippen molar-refractivity contribution in [3.05, 3.63) is 0 Å². The molecule has 7 atom stereocenters. The van der Waals surface area contributed by atoms with Crippen LogP contribution in [0.1, 0.15) is 199 Å². The maximum Gasteiger partial charge on any atom is 0.0659 e. The maximum absolute atomic E-state index is 10.0. The van der Waals surface area contributed by atoms with Gasteiger partial charge in [0.15, 0.2) is 0 Å². The van der Waals surface area contributed by atoms with Gasteiger partial charge in [0.05, 0.1) is 30.0 Å². The molecule has 9 rings (SSSR count). The molecular weight excluding hydrogens is 683 g/mol. The van der Waals surface area contributed by atoms with Gasteiger partial charge in [-0.3, -0.25) is 9.80 Å². The van der Waals surface area contributed by atoms with Crippen molar-refractivity contribution in [2.45, 2.75) is 235 Å². The minimum Gasteiger partial charge on any atom is -0.294 e. The molecule has 0 bridgehead atoms. The largest absolute Gasteiger partial charge is 0.294 e. The molecule has 0 radical (unpaired) electrons. The van der Waals surface area contributed by atoms with Crippen LogP contribution in [0.15, 0.2) is 0 Å². The molecule has 5 heteroatoms. The number of hydrogen-bond donors (Lipinski definition) is 0. The lowest BCUT2D eigenvalue weighted by molar-refractivity contribution is -0.00751. The second-order valence-electron chi connectivity index (χ2n) is 22.0. The number of rotatable bonds is 7. The Labute approximate surface area is 343 Å². The van der Waals surface area contributed by atoms with Crippen molar-refractivity contribution in [3.8, 4) is 18.2 Å². The fourth-order valence-electron chi connectivity index (χ4n) is 17.0. The van der Waals surface area contributed by atoms with Gasteiger partial charge < -0.3 is 0 Å². The SMILES string of the molecule is N#CC1CC(C#N)C(C2CCC(C3CCC(N(C4CCCCC4)C4CCC(C5CCC6C(C5)C5CCCCC5N6C5CCCCC5)CC4)CC3)CC2)C(C#N)C1. The van der Waals surface area contributed by atoms with E-state index in [1.165, 1.54) is 173 Å². The molecule has 0 aromatic rings. The van der Waals surface area contributed by atoms with Crippen molar-refractivity contribution in [2.24, 2.45) is 65.1 Å². The van der Waals surface area contributed by atoms with Crippen LogP contribution < -0.4 is 0 Å². The Morgan fingerprint density at radius 2 is 0.839 bits per heavy atom. The predicted molar refractivity (Wildman–Crippen MR) is 225 cm³/mol. The number of hydrogen-bond acceptors (Lipinski definition) is 5. The summed E-state index contributed by atoms with van der Waals surface area (Å²) in [5.74, 6) is 6.15. The number of fused-ring (bicyclic) bond motifs is 3. The molecule has 8 saturated carbocycles. The fourth-order valence-corrected chi connectivity index (χ4v) is 17.0. The maximum atomic E-state index is 10.0. The molecule has 7 unspecified atom stereocenters. The van der Waals surface area contributed by atoms with Crippen molar-refractivity contribution in [1.29, 1.82) is 15.8 Å². The summed E-state index contributed by atoms with van der Waals surface area (Å²) in [6.45, 7) is 0. The quantitative estimate of drug-likeness (QED) is 0.258. The summed E-state index contributed by atoms with van der Waals surface area (Å²) in [5.41, 5.74) is 0. The van der Waals surface area contributed by atoms with Crippen LogP contribution in [0.4, 0.5) is 0 Å². The van der Waals surface area contributed by atoms with Crippen LogP contribution in [0.25, 0.3) is 0 Å². The van der Waals surface area contributed by atoms with E-state index in [-0.39, 0.29) is 23.7 Å². The molecule has 9 aliphatic rings. The van der Waals surface area contributed by atoms with Crippen LogP contribution in [0, 0.1) is 99.1 Å². The van der Waals surface area contributed by atoms with Crippen LogP contribution in [0.2, 0.25) is 0 Å². The Morgan fingerprint density at radius 3 is 1.43 bits per heavy atom. The van der Waals surface area contributed by atoms with Crippen LogP contribution in [-0.4, -0.2) is 46.1 Å². The highest BCUT2D eigenvalue weighted by Gasteiger charge is 2.54. The van der Waals surface area contributed by atoms with E-state index in [0.29, 0.717) is 18.8 Å². The Hall–Kier alpha value is -1.61. The molecular formula is C51H79N5. The van der Waals surface area contributed by atoms with Gasteiger partial charge in [-0.15, -0.1) is 0 Å². The standard InChI is InChI=1S/C51H79N5/c52-32-35-29-41(33-53)51(42(30-35)34-54)39-17-15-36(16-18-39)37-19-24-45(25-20-37)55(43-9-3-1-4-10-43)46-26-21-38(22-27-46)40-23-28-50-48(31-40)47-13-7-8-14-49(47)56(50)44-11-5-2-6-12-44/h35-51H,1-31H2. The number of likely N-dealkylation sites (tertiary alicyclic amines) is 1. The van der Waals surface area contributed by atoms with Gasteiger partial charge in [-0.25, -0.2) is 0 Å². The zero-order valence-electron chi connectivity index (χ0n) is 35.5. The summed E-state index contributed by atoms with van der Waals surface area (Å²) < 4.78 is 0. The molecule has 56 heavy (non-hydrogen) atoms. The van der Waals surface area contributed by atoms with Gasteiger partial charge in [0.2, 0.25) is 0 Å². The molecule has 0 aromatic heterocycles. The summed E-state index contributed by atoms with van der Waals surface area (Å²) in [6, 6.07) is 12.8. The third kappa shape index (κ3) is 8.14. The fraction of sp³-hybridized carbons (Fsp3) is 0.941. The van der Waals surface area contributed by atoms with Gasteiger partial charge in [0.1, 0.15) is 0 Å². The van der Waals surface area contributed by atoms with Crippen molar-refractivity contribution in [3.63, 3.8) is 0 Å². The van der Waals surface area contributed by atoms with E-state index in [2.05, 4.69) is 28.0 Å². The first-order chi connectivity index (χ1) is 27.6. The zero-order chi connectivity index (χ0) is 38.0. The van der Waals surface area contributed by atoms with Crippen LogP contribution in [0.3, 0.4) is 0 Å². The van der Waals surface area contributed by atoms with Crippen molar-refractivity contribution < 1.29 is 0 Å². The lowest BCUT2D eigenvalue weighted by Crippen LogP contribution is -2.53. The zero-order valence-corrected chi connectivity index (χ0v) is 35.5. The Kier molecular flexibility index (Phi) is 13.0. The highest BCUT2D eigenvalue weighted by atomic mass is 15.3. The van der Waals surface area contributed by atoms with E-state index in [0.717, 1.165) is 71.8 Å². The smallest absolute Gasteiger partial charge is 0.0659 e. The molecule has 308 valence electrons. The van der Waals surface area contributed by atoms with Gasteiger partial charge in [0, 0.05) is 42.2 Å².